The van der Waals surface area contributed by atoms with E-state index in [1.165, 1.54) is 37.4 Å². The summed E-state index contributed by atoms with van der Waals surface area (Å²) in [5.41, 5.74) is -2.19. The Balaban J connectivity index is 2.02. The molecule has 4 rings (SSSR count). The van der Waals surface area contributed by atoms with Gasteiger partial charge in [0.05, 0.1) is 24.3 Å². The van der Waals surface area contributed by atoms with Crippen LogP contribution >= 0.6 is 0 Å². The number of aliphatic carboxylic acids is 1. The number of hydrogen-bond acceptors (Lipinski definition) is 6. The molecule has 0 fully saturated rings. The van der Waals surface area contributed by atoms with Gasteiger partial charge in [-0.25, -0.2) is 9.18 Å². The molecule has 1 aromatic heterocycles. The summed E-state index contributed by atoms with van der Waals surface area (Å²) < 4.78 is 24.6. The van der Waals surface area contributed by atoms with Crippen LogP contribution in [0.2, 0.25) is 0 Å². The maximum atomic E-state index is 14.4. The molecule has 1 heterocycles. The van der Waals surface area contributed by atoms with Gasteiger partial charge < -0.3 is 19.5 Å². The van der Waals surface area contributed by atoms with Crippen molar-refractivity contribution in [1.29, 1.82) is 0 Å². The SMILES string of the molecule is COc1ccc(F)cc1C(C)(C)C(O)C(Cc1ccccc1)(C(=O)O)c1ccc2c(=O)onc(C)c2c1. The third-order valence-corrected chi connectivity index (χ3v) is 7.12. The van der Waals surface area contributed by atoms with Gasteiger partial charge in [0.15, 0.2) is 0 Å². The number of nitrogens with zero attached hydrogens (tertiary/aromatic N) is 1. The van der Waals surface area contributed by atoms with Crippen molar-refractivity contribution >= 4 is 16.7 Å². The molecule has 7 nitrogen and oxygen atoms in total. The summed E-state index contributed by atoms with van der Waals surface area (Å²) in [6.45, 7) is 4.95. The number of carboxylic acid groups (broad SMARTS) is 1. The summed E-state index contributed by atoms with van der Waals surface area (Å²) in [7, 11) is 1.43. The molecule has 0 amide bonds. The molecule has 37 heavy (non-hydrogen) atoms. The van der Waals surface area contributed by atoms with Crippen molar-refractivity contribution < 1.29 is 28.7 Å². The Hall–Kier alpha value is -4.04. The van der Waals surface area contributed by atoms with Crippen LogP contribution in [0.15, 0.2) is 76.0 Å². The summed E-state index contributed by atoms with van der Waals surface area (Å²) in [6, 6.07) is 17.4. The average molecular weight is 506 g/mol. The molecule has 3 aromatic carbocycles. The van der Waals surface area contributed by atoms with Crippen LogP contribution in [0.1, 0.15) is 36.2 Å². The molecule has 0 spiro atoms. The van der Waals surface area contributed by atoms with E-state index in [1.54, 1.807) is 51.1 Å². The molecule has 4 aromatic rings. The molecule has 0 saturated heterocycles. The summed E-state index contributed by atoms with van der Waals surface area (Å²) in [5.74, 6) is -1.50. The molecule has 0 bridgehead atoms. The third kappa shape index (κ3) is 4.49. The van der Waals surface area contributed by atoms with Crippen molar-refractivity contribution in [1.82, 2.24) is 5.16 Å². The van der Waals surface area contributed by atoms with E-state index in [9.17, 15) is 24.2 Å². The van der Waals surface area contributed by atoms with Crippen molar-refractivity contribution in [2.24, 2.45) is 0 Å². The first kappa shape index (κ1) is 26.0. The number of aryl methyl sites for hydroxylation is 1. The van der Waals surface area contributed by atoms with Crippen LogP contribution in [0.5, 0.6) is 5.75 Å². The van der Waals surface area contributed by atoms with E-state index >= 15 is 0 Å². The van der Waals surface area contributed by atoms with Gasteiger partial charge in [0, 0.05) is 16.4 Å². The van der Waals surface area contributed by atoms with Crippen molar-refractivity contribution in [3.05, 3.63) is 105 Å². The lowest BCUT2D eigenvalue weighted by atomic mass is 9.61. The second-order valence-corrected chi connectivity index (χ2v) is 9.72. The lowest BCUT2D eigenvalue weighted by molar-refractivity contribution is -0.151. The number of carboxylic acids is 1. The second-order valence-electron chi connectivity index (χ2n) is 9.72. The van der Waals surface area contributed by atoms with E-state index in [1.807, 2.05) is 6.07 Å². The van der Waals surface area contributed by atoms with Crippen molar-refractivity contribution in [2.45, 2.75) is 44.1 Å². The Morgan fingerprint density at radius 3 is 2.43 bits per heavy atom. The van der Waals surface area contributed by atoms with Gasteiger partial charge in [-0.1, -0.05) is 55.4 Å². The maximum Gasteiger partial charge on any atom is 0.366 e. The number of benzene rings is 3. The van der Waals surface area contributed by atoms with E-state index < -0.39 is 34.3 Å². The molecule has 0 aliphatic heterocycles. The number of halogens is 1. The number of methoxy groups -OCH3 is 1. The van der Waals surface area contributed by atoms with Gasteiger partial charge in [0.2, 0.25) is 0 Å². The Kier molecular flexibility index (Phi) is 6.88. The summed E-state index contributed by atoms with van der Waals surface area (Å²) in [6.07, 6.45) is -1.65. The molecule has 192 valence electrons. The standard InChI is InChI=1S/C29H28FNO6/c1-17-22-14-19(10-12-21(22)25(32)37-31-17)29(27(34)35,16-18-8-6-5-7-9-18)26(33)28(2,3)23-15-20(30)11-13-24(23)36-4/h5-15,26,33H,16H2,1-4H3,(H,34,35). The van der Waals surface area contributed by atoms with Gasteiger partial charge in [-0.05, 0) is 54.8 Å². The number of fused-ring (bicyclic) bond motifs is 1. The smallest absolute Gasteiger partial charge is 0.366 e. The zero-order chi connectivity index (χ0) is 27.0. The van der Waals surface area contributed by atoms with Crippen LogP contribution in [-0.4, -0.2) is 34.6 Å². The molecule has 0 radical (unpaired) electrons. The number of rotatable bonds is 8. The van der Waals surface area contributed by atoms with Crippen LogP contribution in [0.4, 0.5) is 4.39 Å². The van der Waals surface area contributed by atoms with Crippen molar-refractivity contribution in [3.8, 4) is 5.75 Å². The second kappa shape index (κ2) is 9.78. The number of carbonyl (C=O) groups is 1. The van der Waals surface area contributed by atoms with Gasteiger partial charge >= 0.3 is 11.6 Å². The number of hydrogen-bond donors (Lipinski definition) is 2. The molecule has 2 N–H and O–H groups in total. The molecule has 8 heteroatoms. The first-order valence-corrected chi connectivity index (χ1v) is 11.7. The number of aliphatic hydroxyl groups is 1. The van der Waals surface area contributed by atoms with Crippen LogP contribution in [-0.2, 0) is 22.0 Å². The van der Waals surface area contributed by atoms with Crippen LogP contribution < -0.4 is 10.4 Å². The predicted octanol–water partition coefficient (Wildman–Crippen LogP) is 4.55. The van der Waals surface area contributed by atoms with E-state index in [-0.39, 0.29) is 17.4 Å². The quantitative estimate of drug-likeness (QED) is 0.362. The Morgan fingerprint density at radius 1 is 1.08 bits per heavy atom. The fourth-order valence-corrected chi connectivity index (χ4v) is 5.04. The van der Waals surface area contributed by atoms with Crippen LogP contribution in [0.3, 0.4) is 0 Å². The number of aliphatic hydroxyl groups excluding tert-OH is 1. The van der Waals surface area contributed by atoms with E-state index in [0.29, 0.717) is 28.0 Å². The molecule has 2 atom stereocenters. The molecular weight excluding hydrogens is 477 g/mol. The van der Waals surface area contributed by atoms with E-state index in [0.717, 1.165) is 0 Å². The maximum absolute atomic E-state index is 14.4. The van der Waals surface area contributed by atoms with Crippen LogP contribution in [0, 0.1) is 12.7 Å². The summed E-state index contributed by atoms with van der Waals surface area (Å²) in [5, 5.41) is 27.4. The lowest BCUT2D eigenvalue weighted by Crippen LogP contribution is -2.56. The molecule has 2 unspecified atom stereocenters. The van der Waals surface area contributed by atoms with Crippen molar-refractivity contribution in [2.75, 3.05) is 7.11 Å². The highest BCUT2D eigenvalue weighted by Gasteiger charge is 2.54. The first-order valence-electron chi connectivity index (χ1n) is 11.7. The lowest BCUT2D eigenvalue weighted by Gasteiger charge is -2.44. The monoisotopic (exact) mass is 505 g/mol. The minimum Gasteiger partial charge on any atom is -0.496 e. The minimum atomic E-state index is -1.90. The van der Waals surface area contributed by atoms with Crippen molar-refractivity contribution in [3.63, 3.8) is 0 Å². The van der Waals surface area contributed by atoms with Crippen LogP contribution in [0.25, 0.3) is 10.8 Å². The highest BCUT2D eigenvalue weighted by Crippen LogP contribution is 2.45. The van der Waals surface area contributed by atoms with Gasteiger partial charge in [-0.15, -0.1) is 0 Å². The van der Waals surface area contributed by atoms with Gasteiger partial charge in [0.25, 0.3) is 0 Å². The molecule has 0 saturated carbocycles. The zero-order valence-corrected chi connectivity index (χ0v) is 21.0. The Labute approximate surface area is 213 Å². The topological polar surface area (TPSA) is 110 Å². The highest BCUT2D eigenvalue weighted by molar-refractivity contribution is 5.89. The number of ether oxygens (including phenoxy) is 1. The summed E-state index contributed by atoms with van der Waals surface area (Å²) >= 11 is 0. The fraction of sp³-hybridized carbons (Fsp3) is 0.276. The Morgan fingerprint density at radius 2 is 1.78 bits per heavy atom. The largest absolute Gasteiger partial charge is 0.496 e. The summed E-state index contributed by atoms with van der Waals surface area (Å²) in [4.78, 5) is 25.5. The molecule has 0 aliphatic rings. The third-order valence-electron chi connectivity index (χ3n) is 7.12. The first-order chi connectivity index (χ1) is 17.5. The van der Waals surface area contributed by atoms with Gasteiger partial charge in [-0.3, -0.25) is 4.79 Å². The number of aromatic nitrogens is 1. The molecular formula is C29H28FNO6. The predicted molar refractivity (Wildman–Crippen MR) is 136 cm³/mol. The Bertz CT molecular complexity index is 1510. The van der Waals surface area contributed by atoms with Gasteiger partial charge in [-0.2, -0.15) is 0 Å². The zero-order valence-electron chi connectivity index (χ0n) is 21.0. The highest BCUT2D eigenvalue weighted by atomic mass is 19.1. The van der Waals surface area contributed by atoms with E-state index in [4.69, 9.17) is 9.26 Å². The minimum absolute atomic E-state index is 0.0785. The molecule has 0 aliphatic carbocycles. The normalized spacial score (nSPS) is 14.2. The van der Waals surface area contributed by atoms with Gasteiger partial charge in [0.1, 0.15) is 17.0 Å². The van der Waals surface area contributed by atoms with E-state index in [2.05, 4.69) is 5.16 Å². The average Bonchev–Trinajstić information content (AvgIpc) is 2.89. The fourth-order valence-electron chi connectivity index (χ4n) is 5.04.